The standard InChI is InChI=1S/C30H29N9O/c1-20(21-6-4-3-5-7-21)30(40)38-12-10-37(11-13-38)27-9-8-22(16-33-27)25-14-23(24-17-34-36(2)18-24)19-39-28(25)26(15-31)29(32)35-39/h3-9,14,16-20H,10-13H2,1-2H3,(H2,32,35)/t20-/m1/s1. The molecule has 1 aliphatic rings. The van der Waals surface area contributed by atoms with Crippen molar-refractivity contribution in [2.45, 2.75) is 12.8 Å². The van der Waals surface area contributed by atoms with Gasteiger partial charge in [-0.15, -0.1) is 5.10 Å². The molecule has 4 aromatic heterocycles. The second-order valence-corrected chi connectivity index (χ2v) is 10.1. The highest BCUT2D eigenvalue weighted by Gasteiger charge is 2.26. The van der Waals surface area contributed by atoms with Crippen LogP contribution >= 0.6 is 0 Å². The van der Waals surface area contributed by atoms with Crippen molar-refractivity contribution in [3.63, 3.8) is 0 Å². The van der Waals surface area contributed by atoms with Crippen LogP contribution in [0.4, 0.5) is 11.6 Å². The fourth-order valence-corrected chi connectivity index (χ4v) is 5.30. The summed E-state index contributed by atoms with van der Waals surface area (Å²) in [5.74, 6) is 1.02. The molecular weight excluding hydrogens is 502 g/mol. The first-order chi connectivity index (χ1) is 19.4. The summed E-state index contributed by atoms with van der Waals surface area (Å²) in [4.78, 5) is 22.0. The summed E-state index contributed by atoms with van der Waals surface area (Å²) < 4.78 is 3.40. The first-order valence-corrected chi connectivity index (χ1v) is 13.2. The first-order valence-electron chi connectivity index (χ1n) is 13.2. The molecule has 1 aliphatic heterocycles. The molecule has 0 aliphatic carbocycles. The fourth-order valence-electron chi connectivity index (χ4n) is 5.30. The third kappa shape index (κ3) is 4.52. The number of nitriles is 1. The molecule has 1 atom stereocenters. The van der Waals surface area contributed by atoms with Crippen molar-refractivity contribution in [1.29, 1.82) is 5.26 Å². The van der Waals surface area contributed by atoms with Gasteiger partial charge in [-0.05, 0) is 30.7 Å². The van der Waals surface area contributed by atoms with Gasteiger partial charge in [-0.2, -0.15) is 10.4 Å². The van der Waals surface area contributed by atoms with Crippen molar-refractivity contribution < 1.29 is 4.79 Å². The second-order valence-electron chi connectivity index (χ2n) is 10.1. The van der Waals surface area contributed by atoms with Crippen molar-refractivity contribution in [2.75, 3.05) is 36.8 Å². The van der Waals surface area contributed by atoms with Gasteiger partial charge in [0.15, 0.2) is 5.82 Å². The number of fused-ring (bicyclic) bond motifs is 1. The van der Waals surface area contributed by atoms with Crippen LogP contribution in [0.3, 0.4) is 0 Å². The molecule has 5 heterocycles. The van der Waals surface area contributed by atoms with Crippen LogP contribution in [0, 0.1) is 11.3 Å². The predicted octanol–water partition coefficient (Wildman–Crippen LogP) is 3.70. The van der Waals surface area contributed by atoms with Crippen LogP contribution in [0.2, 0.25) is 0 Å². The zero-order valence-corrected chi connectivity index (χ0v) is 22.4. The van der Waals surface area contributed by atoms with Gasteiger partial charge in [0.1, 0.15) is 17.5 Å². The number of hydrogen-bond donors (Lipinski definition) is 1. The van der Waals surface area contributed by atoms with Gasteiger partial charge in [-0.1, -0.05) is 30.3 Å². The molecule has 6 rings (SSSR count). The molecule has 0 bridgehead atoms. The van der Waals surface area contributed by atoms with E-state index in [9.17, 15) is 10.1 Å². The highest BCUT2D eigenvalue weighted by molar-refractivity contribution is 5.90. The van der Waals surface area contributed by atoms with E-state index in [2.05, 4.69) is 21.2 Å². The van der Waals surface area contributed by atoms with Crippen LogP contribution in [-0.4, -0.2) is 61.4 Å². The lowest BCUT2D eigenvalue weighted by molar-refractivity contribution is -0.132. The van der Waals surface area contributed by atoms with E-state index in [-0.39, 0.29) is 17.6 Å². The maximum Gasteiger partial charge on any atom is 0.229 e. The van der Waals surface area contributed by atoms with Crippen molar-refractivity contribution in [3.05, 3.63) is 84.4 Å². The minimum absolute atomic E-state index is 0.153. The summed E-state index contributed by atoms with van der Waals surface area (Å²) in [6.45, 7) is 4.67. The molecule has 0 saturated carbocycles. The van der Waals surface area contributed by atoms with E-state index < -0.39 is 0 Å². The van der Waals surface area contributed by atoms with Crippen molar-refractivity contribution in [2.24, 2.45) is 7.05 Å². The van der Waals surface area contributed by atoms with E-state index in [1.165, 1.54) is 0 Å². The van der Waals surface area contributed by atoms with Gasteiger partial charge in [0.25, 0.3) is 0 Å². The number of carbonyl (C=O) groups is 1. The zero-order chi connectivity index (χ0) is 27.8. The number of aryl methyl sites for hydroxylation is 1. The van der Waals surface area contributed by atoms with Gasteiger partial charge in [-0.25, -0.2) is 9.50 Å². The first kappa shape index (κ1) is 25.1. The number of pyridine rings is 2. The molecule has 1 amide bonds. The number of hydrogen-bond acceptors (Lipinski definition) is 7. The van der Waals surface area contributed by atoms with Crippen LogP contribution in [-0.2, 0) is 11.8 Å². The molecular formula is C30H29N9O. The summed E-state index contributed by atoms with van der Waals surface area (Å²) in [5, 5.41) is 18.5. The van der Waals surface area contributed by atoms with Crippen LogP contribution in [0.15, 0.2) is 73.3 Å². The predicted molar refractivity (Wildman–Crippen MR) is 153 cm³/mol. The Morgan fingerprint density at radius 3 is 2.42 bits per heavy atom. The van der Waals surface area contributed by atoms with Crippen LogP contribution in [0.25, 0.3) is 27.8 Å². The smallest absolute Gasteiger partial charge is 0.229 e. The average molecular weight is 532 g/mol. The molecule has 5 aromatic rings. The Bertz CT molecular complexity index is 1720. The van der Waals surface area contributed by atoms with Gasteiger partial charge in [-0.3, -0.25) is 9.48 Å². The van der Waals surface area contributed by atoms with E-state index >= 15 is 0 Å². The number of aromatic nitrogens is 5. The zero-order valence-electron chi connectivity index (χ0n) is 22.4. The Morgan fingerprint density at radius 1 is 1.00 bits per heavy atom. The molecule has 40 heavy (non-hydrogen) atoms. The molecule has 1 aromatic carbocycles. The van der Waals surface area contributed by atoms with Crippen molar-refractivity contribution >= 4 is 23.1 Å². The molecule has 10 heteroatoms. The third-order valence-corrected chi connectivity index (χ3v) is 7.55. The summed E-state index contributed by atoms with van der Waals surface area (Å²) in [6.07, 6.45) is 7.38. The molecule has 10 nitrogen and oxygen atoms in total. The Labute approximate surface area is 231 Å². The lowest BCUT2D eigenvalue weighted by Crippen LogP contribution is -2.50. The van der Waals surface area contributed by atoms with Gasteiger partial charge in [0.2, 0.25) is 5.91 Å². The third-order valence-electron chi connectivity index (χ3n) is 7.55. The van der Waals surface area contributed by atoms with Crippen LogP contribution in [0.5, 0.6) is 0 Å². The summed E-state index contributed by atoms with van der Waals surface area (Å²) in [7, 11) is 1.87. The van der Waals surface area contributed by atoms with Gasteiger partial charge >= 0.3 is 0 Å². The maximum atomic E-state index is 13.1. The monoisotopic (exact) mass is 531 g/mol. The van der Waals surface area contributed by atoms with E-state index in [1.54, 1.807) is 15.4 Å². The normalized spacial score (nSPS) is 14.3. The number of amides is 1. The fraction of sp³-hybridized carbons (Fsp3) is 0.233. The molecule has 1 fully saturated rings. The van der Waals surface area contributed by atoms with Gasteiger partial charge in [0.05, 0.1) is 17.6 Å². The Kier molecular flexibility index (Phi) is 6.40. The maximum absolute atomic E-state index is 13.1. The molecule has 0 radical (unpaired) electrons. The second kappa shape index (κ2) is 10.2. The number of nitrogens with two attached hydrogens (primary N) is 1. The Hall–Kier alpha value is -5.17. The topological polar surface area (TPSA) is 121 Å². The molecule has 0 spiro atoms. The Balaban J connectivity index is 1.24. The summed E-state index contributed by atoms with van der Waals surface area (Å²) in [5.41, 5.74) is 11.6. The Morgan fingerprint density at radius 2 is 1.77 bits per heavy atom. The number of anilines is 2. The molecule has 0 unspecified atom stereocenters. The highest BCUT2D eigenvalue weighted by atomic mass is 16.2. The van der Waals surface area contributed by atoms with Crippen molar-refractivity contribution in [3.8, 4) is 28.3 Å². The van der Waals surface area contributed by atoms with E-state index in [1.807, 2.05) is 86.0 Å². The van der Waals surface area contributed by atoms with Gasteiger partial charge < -0.3 is 15.5 Å². The molecule has 200 valence electrons. The summed E-state index contributed by atoms with van der Waals surface area (Å²) in [6, 6.07) is 18.1. The average Bonchev–Trinajstić information content (AvgIpc) is 3.58. The highest BCUT2D eigenvalue weighted by Crippen LogP contribution is 2.34. The van der Waals surface area contributed by atoms with Crippen LogP contribution in [0.1, 0.15) is 24.0 Å². The quantitative estimate of drug-likeness (QED) is 0.367. The summed E-state index contributed by atoms with van der Waals surface area (Å²) >= 11 is 0. The number of piperazine rings is 1. The number of nitrogen functional groups attached to an aromatic ring is 1. The number of rotatable bonds is 5. The van der Waals surface area contributed by atoms with E-state index in [0.717, 1.165) is 33.6 Å². The lowest BCUT2D eigenvalue weighted by Gasteiger charge is -2.36. The minimum Gasteiger partial charge on any atom is -0.381 e. The van der Waals surface area contributed by atoms with E-state index in [0.29, 0.717) is 37.3 Å². The molecule has 2 N–H and O–H groups in total. The van der Waals surface area contributed by atoms with Crippen LogP contribution < -0.4 is 10.6 Å². The van der Waals surface area contributed by atoms with E-state index in [4.69, 9.17) is 10.7 Å². The molecule has 1 saturated heterocycles. The number of nitrogens with zero attached hydrogens (tertiary/aromatic N) is 8. The number of benzene rings is 1. The van der Waals surface area contributed by atoms with Crippen molar-refractivity contribution in [1.82, 2.24) is 29.3 Å². The SMILES string of the molecule is C[C@@H](C(=O)N1CCN(c2ccc(-c3cc(-c4cnn(C)c4)cn4nc(N)c(C#N)c34)cn2)CC1)c1ccccc1. The largest absolute Gasteiger partial charge is 0.381 e. The number of carbonyl (C=O) groups excluding carboxylic acids is 1. The van der Waals surface area contributed by atoms with Gasteiger partial charge in [0, 0.05) is 74.1 Å². The lowest BCUT2D eigenvalue weighted by atomic mass is 9.99. The minimum atomic E-state index is -0.166.